The van der Waals surface area contributed by atoms with Crippen molar-refractivity contribution in [2.24, 2.45) is 0 Å². The van der Waals surface area contributed by atoms with E-state index in [0.717, 1.165) is 26.0 Å². The molecule has 27 heavy (non-hydrogen) atoms. The van der Waals surface area contributed by atoms with Crippen molar-refractivity contribution < 1.29 is 23.5 Å². The van der Waals surface area contributed by atoms with E-state index in [0.29, 0.717) is 5.69 Å². The number of aromatic amines is 1. The fourth-order valence-electron chi connectivity index (χ4n) is 2.85. The number of methoxy groups -OCH3 is 1. The molecule has 0 saturated heterocycles. The van der Waals surface area contributed by atoms with Crippen molar-refractivity contribution in [1.29, 1.82) is 5.26 Å². The number of hydrogen-bond acceptors (Lipinski definition) is 7. The second-order valence-electron chi connectivity index (χ2n) is 6.07. The maximum Gasteiger partial charge on any atom is 0.343 e. The number of fused-ring (bicyclic) bond motifs is 1. The number of hydrogen-bond donors (Lipinski definition) is 1. The minimum atomic E-state index is -1.57. The molecule has 140 valence electrons. The van der Waals surface area contributed by atoms with Gasteiger partial charge in [-0.1, -0.05) is 0 Å². The predicted octanol–water partition coefficient (Wildman–Crippen LogP) is 1.90. The Bertz CT molecular complexity index is 1040. The van der Waals surface area contributed by atoms with Gasteiger partial charge in [-0.2, -0.15) is 5.26 Å². The molecule has 0 bridgehead atoms. The molecule has 1 aliphatic carbocycles. The summed E-state index contributed by atoms with van der Waals surface area (Å²) in [5.41, 5.74) is -0.935. The number of carbonyl (C=O) groups excluding carboxylic acids is 2. The lowest BCUT2D eigenvalue weighted by atomic mass is 10.0. The average Bonchev–Trinajstić information content (AvgIpc) is 3.48. The van der Waals surface area contributed by atoms with E-state index in [1.54, 1.807) is 13.0 Å². The highest BCUT2D eigenvalue weighted by molar-refractivity contribution is 5.95. The van der Waals surface area contributed by atoms with Crippen LogP contribution in [0.25, 0.3) is 11.0 Å². The third kappa shape index (κ3) is 3.26. The molecule has 1 N–H and O–H groups in total. The molecule has 0 aliphatic heterocycles. The number of carbonyl (C=O) groups is 2. The first-order valence-electron chi connectivity index (χ1n) is 8.33. The largest absolute Gasteiger partial charge is 0.468 e. The molecule has 0 radical (unpaired) electrons. The molecule has 1 aliphatic rings. The summed E-state index contributed by atoms with van der Waals surface area (Å²) in [6.07, 6.45) is 1.57. The van der Waals surface area contributed by atoms with Crippen LogP contribution in [0.4, 0.5) is 4.39 Å². The van der Waals surface area contributed by atoms with E-state index in [1.165, 1.54) is 0 Å². The Morgan fingerprint density at radius 1 is 1.48 bits per heavy atom. The van der Waals surface area contributed by atoms with Gasteiger partial charge in [0.05, 0.1) is 25.2 Å². The van der Waals surface area contributed by atoms with Gasteiger partial charge in [0, 0.05) is 11.6 Å². The van der Waals surface area contributed by atoms with Gasteiger partial charge in [0.25, 0.3) is 0 Å². The Labute approximate surface area is 152 Å². The number of nitriles is 1. The molecule has 3 rings (SSSR count). The molecular weight excluding hydrogens is 357 g/mol. The first-order valence-corrected chi connectivity index (χ1v) is 8.33. The van der Waals surface area contributed by atoms with Crippen molar-refractivity contribution in [3.8, 4) is 6.07 Å². The Morgan fingerprint density at radius 2 is 2.19 bits per heavy atom. The van der Waals surface area contributed by atoms with Crippen molar-refractivity contribution >= 4 is 23.0 Å². The normalized spacial score (nSPS) is 14.4. The highest BCUT2D eigenvalue weighted by Gasteiger charge is 2.33. The van der Waals surface area contributed by atoms with Gasteiger partial charge < -0.3 is 14.5 Å². The standard InChI is InChI=1S/C18H16FN3O5/c1-3-27-18(25)12-13(8-4-5-8)21-16-9(15(12)23)6-11(19)14(22-16)10(7-20)17(24)26-2/h6,8,10H,3-5H2,1-2H3,(H,21,22,23). The van der Waals surface area contributed by atoms with Crippen molar-refractivity contribution in [1.82, 2.24) is 9.97 Å². The summed E-state index contributed by atoms with van der Waals surface area (Å²) < 4.78 is 23.9. The summed E-state index contributed by atoms with van der Waals surface area (Å²) in [6, 6.07) is 2.51. The van der Waals surface area contributed by atoms with Crippen LogP contribution in [0.1, 0.15) is 53.3 Å². The molecule has 1 unspecified atom stereocenters. The molecule has 0 spiro atoms. The van der Waals surface area contributed by atoms with Crippen LogP contribution in [0.5, 0.6) is 0 Å². The molecule has 2 aromatic heterocycles. The van der Waals surface area contributed by atoms with E-state index >= 15 is 0 Å². The summed E-state index contributed by atoms with van der Waals surface area (Å²) in [7, 11) is 1.07. The van der Waals surface area contributed by atoms with Crippen LogP contribution in [0, 0.1) is 17.1 Å². The van der Waals surface area contributed by atoms with Crippen molar-refractivity contribution in [2.75, 3.05) is 13.7 Å². The zero-order valence-electron chi connectivity index (χ0n) is 14.7. The second kappa shape index (κ2) is 7.15. The number of ether oxygens (including phenoxy) is 2. The van der Waals surface area contributed by atoms with Gasteiger partial charge in [-0.25, -0.2) is 14.2 Å². The van der Waals surface area contributed by atoms with Gasteiger partial charge in [-0.15, -0.1) is 0 Å². The van der Waals surface area contributed by atoms with Crippen LogP contribution >= 0.6 is 0 Å². The molecule has 8 nitrogen and oxygen atoms in total. The zero-order valence-corrected chi connectivity index (χ0v) is 14.7. The number of aromatic nitrogens is 2. The molecule has 0 amide bonds. The van der Waals surface area contributed by atoms with E-state index in [9.17, 15) is 24.0 Å². The number of esters is 2. The number of nitrogens with one attached hydrogen (secondary N) is 1. The fraction of sp³-hybridized carbons (Fsp3) is 0.389. The Balaban J connectivity index is 2.25. The Kier molecular flexibility index (Phi) is 4.90. The highest BCUT2D eigenvalue weighted by Crippen LogP contribution is 2.40. The number of halogens is 1. The number of H-pyrrole nitrogens is 1. The SMILES string of the molecule is CCOC(=O)c1c(C2CC2)[nH]c2nc(C(C#N)C(=O)OC)c(F)cc2c1=O. The maximum absolute atomic E-state index is 14.5. The molecule has 1 fully saturated rings. The second-order valence-corrected chi connectivity index (χ2v) is 6.07. The van der Waals surface area contributed by atoms with Crippen LogP contribution < -0.4 is 5.43 Å². The van der Waals surface area contributed by atoms with Crippen LogP contribution in [-0.2, 0) is 14.3 Å². The third-order valence-corrected chi connectivity index (χ3v) is 4.30. The van der Waals surface area contributed by atoms with Gasteiger partial charge in [0.15, 0.2) is 5.92 Å². The van der Waals surface area contributed by atoms with E-state index in [2.05, 4.69) is 14.7 Å². The van der Waals surface area contributed by atoms with E-state index < -0.39 is 34.8 Å². The zero-order chi connectivity index (χ0) is 19.7. The monoisotopic (exact) mass is 373 g/mol. The van der Waals surface area contributed by atoms with Gasteiger partial charge in [0.1, 0.15) is 22.7 Å². The van der Waals surface area contributed by atoms with Gasteiger partial charge in [-0.3, -0.25) is 9.59 Å². The number of pyridine rings is 2. The minimum Gasteiger partial charge on any atom is -0.468 e. The average molecular weight is 373 g/mol. The Hall–Kier alpha value is -3.28. The van der Waals surface area contributed by atoms with Crippen molar-refractivity contribution in [3.05, 3.63) is 39.1 Å². The number of rotatable bonds is 5. The van der Waals surface area contributed by atoms with Crippen LogP contribution in [-0.4, -0.2) is 35.6 Å². The number of nitrogens with zero attached hydrogens (tertiary/aromatic N) is 2. The predicted molar refractivity (Wildman–Crippen MR) is 90.6 cm³/mol. The molecule has 2 heterocycles. The van der Waals surface area contributed by atoms with Crippen LogP contribution in [0.3, 0.4) is 0 Å². The first-order chi connectivity index (χ1) is 12.9. The quantitative estimate of drug-likeness (QED) is 0.794. The summed E-state index contributed by atoms with van der Waals surface area (Å²) >= 11 is 0. The van der Waals surface area contributed by atoms with Gasteiger partial charge in [-0.05, 0) is 25.8 Å². The van der Waals surface area contributed by atoms with E-state index in [4.69, 9.17) is 4.74 Å². The van der Waals surface area contributed by atoms with Crippen LogP contribution in [0.2, 0.25) is 0 Å². The molecule has 9 heteroatoms. The fourth-order valence-corrected chi connectivity index (χ4v) is 2.85. The minimum absolute atomic E-state index is 0.00417. The van der Waals surface area contributed by atoms with Crippen LogP contribution in [0.15, 0.2) is 10.9 Å². The molecule has 0 aromatic carbocycles. The van der Waals surface area contributed by atoms with Gasteiger partial charge in [0.2, 0.25) is 5.43 Å². The molecular formula is C18H16FN3O5. The summed E-state index contributed by atoms with van der Waals surface area (Å²) in [4.78, 5) is 43.6. The highest BCUT2D eigenvalue weighted by atomic mass is 19.1. The van der Waals surface area contributed by atoms with E-state index in [-0.39, 0.29) is 29.1 Å². The molecule has 1 saturated carbocycles. The lowest BCUT2D eigenvalue weighted by Crippen LogP contribution is -2.23. The summed E-state index contributed by atoms with van der Waals surface area (Å²) in [6.45, 7) is 1.71. The first kappa shape index (κ1) is 18.5. The van der Waals surface area contributed by atoms with Gasteiger partial charge >= 0.3 is 11.9 Å². The van der Waals surface area contributed by atoms with E-state index in [1.807, 2.05) is 0 Å². The lowest BCUT2D eigenvalue weighted by Gasteiger charge is -2.12. The topological polar surface area (TPSA) is 122 Å². The third-order valence-electron chi connectivity index (χ3n) is 4.30. The summed E-state index contributed by atoms with van der Waals surface area (Å²) in [5.74, 6) is -4.35. The lowest BCUT2D eigenvalue weighted by molar-refractivity contribution is -0.141. The Morgan fingerprint density at radius 3 is 2.74 bits per heavy atom. The van der Waals surface area contributed by atoms with Crippen molar-refractivity contribution in [3.63, 3.8) is 0 Å². The smallest absolute Gasteiger partial charge is 0.343 e. The molecule has 2 aromatic rings. The summed E-state index contributed by atoms with van der Waals surface area (Å²) in [5, 5.41) is 9.01. The maximum atomic E-state index is 14.5. The molecule has 1 atom stereocenters. The van der Waals surface area contributed by atoms with Crippen molar-refractivity contribution in [2.45, 2.75) is 31.6 Å².